The number of methoxy groups -OCH3 is 1. The Hall–Kier alpha value is -3.11. The van der Waals surface area contributed by atoms with Gasteiger partial charge in [0.2, 0.25) is 0 Å². The van der Waals surface area contributed by atoms with E-state index in [9.17, 15) is 14.4 Å². The molecule has 0 aromatic carbocycles. The van der Waals surface area contributed by atoms with Crippen LogP contribution in [0, 0.1) is 5.92 Å². The van der Waals surface area contributed by atoms with Gasteiger partial charge in [0.1, 0.15) is 23.6 Å². The lowest BCUT2D eigenvalue weighted by atomic mass is 9.67. The molecule has 4 aliphatic rings. The molecule has 1 unspecified atom stereocenters. The van der Waals surface area contributed by atoms with E-state index in [-0.39, 0.29) is 23.6 Å². The van der Waals surface area contributed by atoms with E-state index in [0.29, 0.717) is 25.9 Å². The van der Waals surface area contributed by atoms with Crippen LogP contribution in [0.5, 0.6) is 0 Å². The van der Waals surface area contributed by atoms with E-state index in [0.717, 1.165) is 18.2 Å². The molecule has 37 heavy (non-hydrogen) atoms. The van der Waals surface area contributed by atoms with Crippen molar-refractivity contribution in [3.8, 4) is 0 Å². The van der Waals surface area contributed by atoms with Gasteiger partial charge in [0, 0.05) is 32.5 Å². The van der Waals surface area contributed by atoms with Crippen LogP contribution in [0.3, 0.4) is 0 Å². The van der Waals surface area contributed by atoms with Gasteiger partial charge < -0.3 is 33.5 Å². The van der Waals surface area contributed by atoms with Gasteiger partial charge in [0.25, 0.3) is 5.56 Å². The van der Waals surface area contributed by atoms with Crippen molar-refractivity contribution >= 4 is 12.1 Å². The summed E-state index contributed by atoms with van der Waals surface area (Å²) in [6.45, 7) is 10.9. The number of aromatic nitrogens is 1. The standard InChI is InChI=1S/C27H34N2O8/c1-15(2)6-7-20-26(4,37-20)23-22(34-5)19(8-10-27(23)16(3)36-27)35-25(33)28-13-18(14-28)29-11-9-17(24(31)32)12-21(29)30/h6,9,11-12,18-20,22-23H,3,7-8,10,13-14H2,1-2,4-5H3,(H,31,32)/t19-,20?,22-,23-,26+,27+/m1/s1. The van der Waals surface area contributed by atoms with Crippen LogP contribution in [0.2, 0.25) is 0 Å². The molecule has 3 saturated heterocycles. The SMILES string of the molecule is C=C1O[C@@]12CC[C@@H](OC(=O)N1CC(n3ccc(C(=O)O)cc3=O)C1)[C@@H](OC)[C@@H]2[C@@]1(C)OC1CC=C(C)C. The second kappa shape index (κ2) is 9.02. The van der Waals surface area contributed by atoms with Crippen LogP contribution in [0.1, 0.15) is 56.4 Å². The number of carbonyl (C=O) groups excluding carboxylic acids is 1. The first-order chi connectivity index (χ1) is 17.5. The molecular weight excluding hydrogens is 480 g/mol. The molecule has 0 radical (unpaired) electrons. The monoisotopic (exact) mass is 514 g/mol. The molecule has 1 amide bonds. The predicted molar refractivity (Wildman–Crippen MR) is 132 cm³/mol. The van der Waals surface area contributed by atoms with Gasteiger partial charge in [-0.1, -0.05) is 18.2 Å². The molecule has 5 rings (SSSR count). The van der Waals surface area contributed by atoms with Crippen LogP contribution in [-0.2, 0) is 18.9 Å². The molecule has 1 saturated carbocycles. The Morgan fingerprint density at radius 1 is 1.32 bits per heavy atom. The third-order valence-electron chi connectivity index (χ3n) is 8.30. The Bertz CT molecular complexity index is 1210. The first-order valence-corrected chi connectivity index (χ1v) is 12.6. The number of ether oxygens (including phenoxy) is 4. The smallest absolute Gasteiger partial charge is 0.410 e. The number of amides is 1. The lowest BCUT2D eigenvalue weighted by Crippen LogP contribution is -2.58. The molecule has 6 atom stereocenters. The maximum Gasteiger partial charge on any atom is 0.410 e. The van der Waals surface area contributed by atoms with Crippen LogP contribution in [0.4, 0.5) is 4.79 Å². The van der Waals surface area contributed by atoms with E-state index < -0.39 is 41.0 Å². The van der Waals surface area contributed by atoms with E-state index >= 15 is 0 Å². The fraction of sp³-hybridized carbons (Fsp3) is 0.593. The Morgan fingerprint density at radius 2 is 2.03 bits per heavy atom. The number of carboxylic acids is 1. The molecule has 0 bridgehead atoms. The summed E-state index contributed by atoms with van der Waals surface area (Å²) in [6, 6.07) is 2.23. The van der Waals surface area contributed by atoms with E-state index in [2.05, 4.69) is 33.4 Å². The van der Waals surface area contributed by atoms with Gasteiger partial charge in [0.15, 0.2) is 5.60 Å². The zero-order valence-electron chi connectivity index (χ0n) is 21.6. The molecule has 3 aliphatic heterocycles. The number of nitrogens with zero attached hydrogens (tertiary/aromatic N) is 2. The Morgan fingerprint density at radius 3 is 2.59 bits per heavy atom. The van der Waals surface area contributed by atoms with Gasteiger partial charge in [-0.2, -0.15) is 0 Å². The lowest BCUT2D eigenvalue weighted by molar-refractivity contribution is -0.124. The van der Waals surface area contributed by atoms with Crippen molar-refractivity contribution in [3.63, 3.8) is 0 Å². The van der Waals surface area contributed by atoms with Crippen LogP contribution in [0.25, 0.3) is 0 Å². The van der Waals surface area contributed by atoms with E-state index in [1.165, 1.54) is 27.3 Å². The Balaban J connectivity index is 1.25. The van der Waals surface area contributed by atoms with E-state index in [1.54, 1.807) is 7.11 Å². The molecule has 1 aromatic heterocycles. The van der Waals surface area contributed by atoms with Gasteiger partial charge in [-0.3, -0.25) is 4.79 Å². The number of hydrogen-bond donors (Lipinski definition) is 1. The van der Waals surface area contributed by atoms with Crippen molar-refractivity contribution in [2.45, 2.75) is 75.6 Å². The fourth-order valence-electron chi connectivity index (χ4n) is 6.06. The molecule has 1 aliphatic carbocycles. The third-order valence-corrected chi connectivity index (χ3v) is 8.30. The summed E-state index contributed by atoms with van der Waals surface area (Å²) < 4.78 is 25.5. The second-order valence-electron chi connectivity index (χ2n) is 10.9. The van der Waals surface area contributed by atoms with Crippen LogP contribution in [0.15, 0.2) is 47.1 Å². The van der Waals surface area contributed by atoms with Gasteiger partial charge in [-0.05, 0) is 46.1 Å². The minimum Gasteiger partial charge on any atom is -0.480 e. The minimum absolute atomic E-state index is 0.0235. The van der Waals surface area contributed by atoms with Gasteiger partial charge in [-0.15, -0.1) is 0 Å². The number of likely N-dealkylation sites (tertiary alicyclic amines) is 1. The Kier molecular flexibility index (Phi) is 6.23. The average Bonchev–Trinajstić information content (AvgIpc) is 3.67. The summed E-state index contributed by atoms with van der Waals surface area (Å²) in [5.41, 5.74) is -0.259. The van der Waals surface area contributed by atoms with Crippen LogP contribution < -0.4 is 5.56 Å². The van der Waals surface area contributed by atoms with Gasteiger partial charge in [-0.25, -0.2) is 9.59 Å². The van der Waals surface area contributed by atoms with E-state index in [1.807, 2.05) is 0 Å². The molecule has 1 N–H and O–H groups in total. The van der Waals surface area contributed by atoms with Crippen molar-refractivity contribution in [1.82, 2.24) is 9.47 Å². The summed E-state index contributed by atoms with van der Waals surface area (Å²) in [6.07, 6.45) is 4.29. The zero-order chi connectivity index (χ0) is 26.7. The number of carboxylic acid groups (broad SMARTS) is 1. The summed E-state index contributed by atoms with van der Waals surface area (Å²) >= 11 is 0. The highest BCUT2D eigenvalue weighted by Gasteiger charge is 2.75. The lowest BCUT2D eigenvalue weighted by Gasteiger charge is -2.44. The molecule has 1 spiro atoms. The molecule has 200 valence electrons. The molecule has 10 heteroatoms. The highest BCUT2D eigenvalue weighted by atomic mass is 16.6. The third kappa shape index (κ3) is 4.35. The quantitative estimate of drug-likeness (QED) is 0.435. The number of epoxide rings is 2. The van der Waals surface area contributed by atoms with Gasteiger partial charge >= 0.3 is 12.1 Å². The van der Waals surface area contributed by atoms with Crippen molar-refractivity contribution in [2.75, 3.05) is 20.2 Å². The summed E-state index contributed by atoms with van der Waals surface area (Å²) in [5.74, 6) is -0.598. The molecule has 1 aromatic rings. The summed E-state index contributed by atoms with van der Waals surface area (Å²) in [5, 5.41) is 9.06. The number of carbonyl (C=O) groups is 2. The van der Waals surface area contributed by atoms with E-state index in [4.69, 9.17) is 24.1 Å². The summed E-state index contributed by atoms with van der Waals surface area (Å²) in [4.78, 5) is 37.9. The number of hydrogen-bond acceptors (Lipinski definition) is 7. The van der Waals surface area contributed by atoms with Gasteiger partial charge in [0.05, 0.1) is 23.6 Å². The van der Waals surface area contributed by atoms with Crippen molar-refractivity contribution < 1.29 is 33.6 Å². The number of pyridine rings is 1. The average molecular weight is 515 g/mol. The topological polar surface area (TPSA) is 123 Å². The maximum atomic E-state index is 13.0. The molecule has 4 fully saturated rings. The highest BCUT2D eigenvalue weighted by Crippen LogP contribution is 2.63. The number of allylic oxidation sites excluding steroid dienone is 1. The highest BCUT2D eigenvalue weighted by molar-refractivity contribution is 5.87. The van der Waals surface area contributed by atoms with Crippen LogP contribution in [-0.4, -0.2) is 76.3 Å². The predicted octanol–water partition coefficient (Wildman–Crippen LogP) is 3.13. The number of aromatic carboxylic acids is 1. The second-order valence-corrected chi connectivity index (χ2v) is 10.9. The molecular formula is C27H34N2O8. The zero-order valence-corrected chi connectivity index (χ0v) is 21.6. The van der Waals surface area contributed by atoms with Crippen molar-refractivity contribution in [2.24, 2.45) is 5.92 Å². The normalized spacial score (nSPS) is 34.4. The molecule has 10 nitrogen and oxygen atoms in total. The van der Waals surface area contributed by atoms with Crippen molar-refractivity contribution in [3.05, 3.63) is 58.2 Å². The first-order valence-electron chi connectivity index (χ1n) is 12.6. The largest absolute Gasteiger partial charge is 0.480 e. The maximum absolute atomic E-state index is 13.0. The fourth-order valence-corrected chi connectivity index (χ4v) is 6.06. The van der Waals surface area contributed by atoms with Crippen molar-refractivity contribution in [1.29, 1.82) is 0 Å². The minimum atomic E-state index is -1.16. The Labute approximate surface area is 215 Å². The number of rotatable bonds is 7. The summed E-state index contributed by atoms with van der Waals surface area (Å²) in [7, 11) is 1.62. The first kappa shape index (κ1) is 25.5. The molecule has 4 heterocycles. The van der Waals surface area contributed by atoms with Crippen LogP contribution >= 0.6 is 0 Å².